The van der Waals surface area contributed by atoms with Gasteiger partial charge in [0, 0.05) is 5.69 Å². The number of benzene rings is 2. The van der Waals surface area contributed by atoms with Crippen molar-refractivity contribution in [1.29, 1.82) is 0 Å². The van der Waals surface area contributed by atoms with Gasteiger partial charge in [0.15, 0.2) is 0 Å². The van der Waals surface area contributed by atoms with Gasteiger partial charge in [-0.2, -0.15) is 0 Å². The van der Waals surface area contributed by atoms with E-state index in [-0.39, 0.29) is 11.8 Å². The molecule has 0 aromatic heterocycles. The first-order valence-corrected chi connectivity index (χ1v) is 6.19. The molecule has 2 aromatic rings. The Bertz CT molecular complexity index is 586. The van der Waals surface area contributed by atoms with Gasteiger partial charge in [0.2, 0.25) is 5.91 Å². The quantitative estimate of drug-likeness (QED) is 0.853. The number of nitrogens with one attached hydrogen (secondary N) is 1. The minimum Gasteiger partial charge on any atom is -0.325 e. The highest BCUT2D eigenvalue weighted by Gasteiger charge is 2.29. The van der Waals surface area contributed by atoms with Crippen molar-refractivity contribution >= 4 is 11.6 Å². The number of hydrogen-bond acceptors (Lipinski definition) is 1. The summed E-state index contributed by atoms with van der Waals surface area (Å²) in [5, 5.41) is 2.94. The third-order valence-electron chi connectivity index (χ3n) is 3.47. The second-order valence-electron chi connectivity index (χ2n) is 4.82. The van der Waals surface area contributed by atoms with Gasteiger partial charge in [-0.05, 0) is 30.5 Å². The molecular weight excluding hydrogens is 222 g/mol. The smallest absolute Gasteiger partial charge is 0.232 e. The second kappa shape index (κ2) is 4.30. The van der Waals surface area contributed by atoms with Crippen LogP contribution in [0.5, 0.6) is 0 Å². The summed E-state index contributed by atoms with van der Waals surface area (Å²) in [6.07, 6.45) is 0.767. The van der Waals surface area contributed by atoms with Crippen LogP contribution in [0.4, 0.5) is 5.69 Å². The van der Waals surface area contributed by atoms with Gasteiger partial charge in [0.25, 0.3) is 0 Å². The maximum atomic E-state index is 12.0. The van der Waals surface area contributed by atoms with E-state index in [0.717, 1.165) is 17.7 Å². The van der Waals surface area contributed by atoms with Gasteiger partial charge in [-0.25, -0.2) is 0 Å². The molecule has 2 heteroatoms. The molecule has 90 valence electrons. The molecule has 1 atom stereocenters. The average molecular weight is 237 g/mol. The van der Waals surface area contributed by atoms with Crippen LogP contribution in [-0.4, -0.2) is 5.91 Å². The number of amides is 1. The highest BCUT2D eigenvalue weighted by molar-refractivity contribution is 6.03. The van der Waals surface area contributed by atoms with Crippen LogP contribution in [0.3, 0.4) is 0 Å². The Morgan fingerprint density at radius 1 is 1.06 bits per heavy atom. The van der Waals surface area contributed by atoms with Crippen LogP contribution in [0.1, 0.15) is 22.6 Å². The highest BCUT2D eigenvalue weighted by atomic mass is 16.2. The van der Waals surface area contributed by atoms with E-state index in [0.29, 0.717) is 0 Å². The number of fused-ring (bicyclic) bond motifs is 1. The molecule has 0 radical (unpaired) electrons. The normalized spacial score (nSPS) is 17.4. The Morgan fingerprint density at radius 2 is 1.78 bits per heavy atom. The molecular formula is C16H15NO. The standard InChI is InChI=1S/C16H15NO/c1-11-6-8-12(9-7-11)10-14-13-4-2-3-5-15(13)17-16(14)18/h2-9,14H,10H2,1H3,(H,17,18)/t14-/m0/s1. The molecule has 0 bridgehead atoms. The monoisotopic (exact) mass is 237 g/mol. The summed E-state index contributed by atoms with van der Waals surface area (Å²) in [6, 6.07) is 16.3. The van der Waals surface area contributed by atoms with E-state index < -0.39 is 0 Å². The first-order chi connectivity index (χ1) is 8.74. The summed E-state index contributed by atoms with van der Waals surface area (Å²) in [7, 11) is 0. The molecule has 2 nitrogen and oxygen atoms in total. The Labute approximate surface area is 107 Å². The van der Waals surface area contributed by atoms with Crippen LogP contribution >= 0.6 is 0 Å². The fourth-order valence-electron chi connectivity index (χ4n) is 2.44. The Morgan fingerprint density at radius 3 is 2.56 bits per heavy atom. The number of aryl methyl sites for hydroxylation is 1. The fourth-order valence-corrected chi connectivity index (χ4v) is 2.44. The number of para-hydroxylation sites is 1. The van der Waals surface area contributed by atoms with Gasteiger partial charge in [0.1, 0.15) is 0 Å². The summed E-state index contributed by atoms with van der Waals surface area (Å²) in [5.74, 6) is 0.0562. The average Bonchev–Trinajstić information content (AvgIpc) is 2.69. The number of hydrogen-bond donors (Lipinski definition) is 1. The molecule has 0 unspecified atom stereocenters. The van der Waals surface area contributed by atoms with Gasteiger partial charge in [-0.1, -0.05) is 48.0 Å². The van der Waals surface area contributed by atoms with E-state index in [2.05, 4.69) is 36.5 Å². The van der Waals surface area contributed by atoms with E-state index in [1.165, 1.54) is 11.1 Å². The van der Waals surface area contributed by atoms with Crippen LogP contribution in [0.2, 0.25) is 0 Å². The molecule has 1 heterocycles. The predicted octanol–water partition coefficient (Wildman–Crippen LogP) is 3.27. The zero-order chi connectivity index (χ0) is 12.5. The van der Waals surface area contributed by atoms with Crippen LogP contribution in [0, 0.1) is 6.92 Å². The minimum atomic E-state index is -0.0519. The molecule has 0 fully saturated rings. The van der Waals surface area contributed by atoms with Crippen molar-refractivity contribution in [2.75, 3.05) is 5.32 Å². The maximum Gasteiger partial charge on any atom is 0.232 e. The molecule has 1 amide bonds. The van der Waals surface area contributed by atoms with E-state index in [4.69, 9.17) is 0 Å². The molecule has 0 saturated carbocycles. The van der Waals surface area contributed by atoms with Crippen molar-refractivity contribution in [1.82, 2.24) is 0 Å². The Balaban J connectivity index is 1.89. The lowest BCUT2D eigenvalue weighted by Gasteiger charge is -2.09. The van der Waals surface area contributed by atoms with Gasteiger partial charge in [-0.15, -0.1) is 0 Å². The molecule has 0 saturated heterocycles. The van der Waals surface area contributed by atoms with Crippen molar-refractivity contribution in [2.45, 2.75) is 19.3 Å². The van der Waals surface area contributed by atoms with Gasteiger partial charge in [0.05, 0.1) is 5.92 Å². The zero-order valence-electron chi connectivity index (χ0n) is 10.3. The highest BCUT2D eigenvalue weighted by Crippen LogP contribution is 2.34. The third kappa shape index (κ3) is 1.90. The zero-order valence-corrected chi connectivity index (χ0v) is 10.3. The van der Waals surface area contributed by atoms with Gasteiger partial charge in [-0.3, -0.25) is 4.79 Å². The molecule has 1 aliphatic heterocycles. The lowest BCUT2D eigenvalue weighted by atomic mass is 9.93. The van der Waals surface area contributed by atoms with Crippen molar-refractivity contribution in [3.8, 4) is 0 Å². The van der Waals surface area contributed by atoms with Crippen LogP contribution < -0.4 is 5.32 Å². The molecule has 0 spiro atoms. The first kappa shape index (κ1) is 11.0. The van der Waals surface area contributed by atoms with Crippen molar-refractivity contribution in [3.63, 3.8) is 0 Å². The van der Waals surface area contributed by atoms with E-state index in [1.54, 1.807) is 0 Å². The lowest BCUT2D eigenvalue weighted by Crippen LogP contribution is -2.14. The van der Waals surface area contributed by atoms with Crippen molar-refractivity contribution < 1.29 is 4.79 Å². The van der Waals surface area contributed by atoms with Gasteiger partial charge >= 0.3 is 0 Å². The largest absolute Gasteiger partial charge is 0.325 e. The first-order valence-electron chi connectivity index (χ1n) is 6.19. The topological polar surface area (TPSA) is 29.1 Å². The van der Waals surface area contributed by atoms with Crippen molar-refractivity contribution in [2.24, 2.45) is 0 Å². The SMILES string of the molecule is Cc1ccc(C[C@@H]2C(=O)Nc3ccccc32)cc1. The Hall–Kier alpha value is -2.09. The number of carbonyl (C=O) groups excluding carboxylic acids is 1. The van der Waals surface area contributed by atoms with Crippen molar-refractivity contribution in [3.05, 3.63) is 65.2 Å². The van der Waals surface area contributed by atoms with E-state index in [1.807, 2.05) is 24.3 Å². The lowest BCUT2D eigenvalue weighted by molar-refractivity contribution is -0.117. The number of carbonyl (C=O) groups is 1. The number of anilines is 1. The molecule has 3 rings (SSSR count). The molecule has 1 N–H and O–H groups in total. The summed E-state index contributed by atoms with van der Waals surface area (Å²) in [5.41, 5.74) is 4.52. The molecule has 1 aliphatic rings. The van der Waals surface area contributed by atoms with Crippen LogP contribution in [-0.2, 0) is 11.2 Å². The predicted molar refractivity (Wildman–Crippen MR) is 72.7 cm³/mol. The van der Waals surface area contributed by atoms with Crippen LogP contribution in [0.25, 0.3) is 0 Å². The minimum absolute atomic E-state index is 0.0519. The molecule has 0 aliphatic carbocycles. The Kier molecular flexibility index (Phi) is 2.63. The maximum absolute atomic E-state index is 12.0. The summed E-state index contributed by atoms with van der Waals surface area (Å²) < 4.78 is 0. The summed E-state index contributed by atoms with van der Waals surface area (Å²) in [4.78, 5) is 12.0. The molecule has 18 heavy (non-hydrogen) atoms. The summed E-state index contributed by atoms with van der Waals surface area (Å²) in [6.45, 7) is 2.07. The third-order valence-corrected chi connectivity index (χ3v) is 3.47. The van der Waals surface area contributed by atoms with Gasteiger partial charge < -0.3 is 5.32 Å². The second-order valence-corrected chi connectivity index (χ2v) is 4.82. The molecule has 2 aromatic carbocycles. The van der Waals surface area contributed by atoms with Crippen LogP contribution in [0.15, 0.2) is 48.5 Å². The van der Waals surface area contributed by atoms with E-state index >= 15 is 0 Å². The van der Waals surface area contributed by atoms with E-state index in [9.17, 15) is 4.79 Å². The fraction of sp³-hybridized carbons (Fsp3) is 0.188. The number of rotatable bonds is 2. The summed E-state index contributed by atoms with van der Waals surface area (Å²) >= 11 is 0.